The van der Waals surface area contributed by atoms with Crippen molar-refractivity contribution in [1.82, 2.24) is 10.6 Å². The zero-order chi connectivity index (χ0) is 13.7. The number of morpholine rings is 1. The van der Waals surface area contributed by atoms with Crippen LogP contribution >= 0.6 is 0 Å². The molecule has 0 radical (unpaired) electrons. The Balaban J connectivity index is 1.86. The lowest BCUT2D eigenvalue weighted by Crippen LogP contribution is -2.44. The van der Waals surface area contributed by atoms with Crippen LogP contribution in [0.15, 0.2) is 24.3 Å². The van der Waals surface area contributed by atoms with E-state index >= 15 is 0 Å². The van der Waals surface area contributed by atoms with Gasteiger partial charge in [-0.15, -0.1) is 0 Å². The van der Waals surface area contributed by atoms with Crippen molar-refractivity contribution in [2.45, 2.75) is 32.4 Å². The smallest absolute Gasteiger partial charge is 0.222 e. The van der Waals surface area contributed by atoms with E-state index in [0.717, 1.165) is 13.2 Å². The Kier molecular flexibility index (Phi) is 4.93. The summed E-state index contributed by atoms with van der Waals surface area (Å²) in [7, 11) is 0. The van der Waals surface area contributed by atoms with Crippen LogP contribution in [0.1, 0.15) is 30.5 Å². The number of aryl methyl sites for hydroxylation is 1. The Labute approximate surface area is 114 Å². The highest BCUT2D eigenvalue weighted by atomic mass is 16.5. The molecule has 1 saturated heterocycles. The van der Waals surface area contributed by atoms with E-state index in [2.05, 4.69) is 29.7 Å². The first-order valence-corrected chi connectivity index (χ1v) is 6.83. The fourth-order valence-corrected chi connectivity index (χ4v) is 2.43. The van der Waals surface area contributed by atoms with Gasteiger partial charge in [0.2, 0.25) is 5.91 Å². The van der Waals surface area contributed by atoms with Gasteiger partial charge in [-0.2, -0.15) is 0 Å². The molecule has 1 aliphatic rings. The Hall–Kier alpha value is -1.39. The second-order valence-electron chi connectivity index (χ2n) is 5.08. The van der Waals surface area contributed by atoms with Gasteiger partial charge in [0, 0.05) is 19.0 Å². The van der Waals surface area contributed by atoms with Crippen LogP contribution in [0.5, 0.6) is 0 Å². The molecule has 0 bridgehead atoms. The van der Waals surface area contributed by atoms with E-state index in [1.807, 2.05) is 19.1 Å². The average molecular weight is 262 g/mol. The summed E-state index contributed by atoms with van der Waals surface area (Å²) < 4.78 is 5.35. The van der Waals surface area contributed by atoms with Gasteiger partial charge in [-0.1, -0.05) is 24.3 Å². The first-order valence-electron chi connectivity index (χ1n) is 6.83. The van der Waals surface area contributed by atoms with Gasteiger partial charge in [-0.05, 0) is 25.0 Å². The van der Waals surface area contributed by atoms with Gasteiger partial charge >= 0.3 is 0 Å². The summed E-state index contributed by atoms with van der Waals surface area (Å²) in [5.41, 5.74) is 2.37. The SMILES string of the molecule is Cc1ccccc1[C@H](C)NC(=O)CC1COCCN1. The zero-order valence-electron chi connectivity index (χ0n) is 11.6. The van der Waals surface area contributed by atoms with E-state index < -0.39 is 0 Å². The third-order valence-corrected chi connectivity index (χ3v) is 3.46. The number of ether oxygens (including phenoxy) is 1. The number of benzene rings is 1. The maximum Gasteiger partial charge on any atom is 0.222 e. The van der Waals surface area contributed by atoms with Crippen molar-refractivity contribution in [1.29, 1.82) is 0 Å². The van der Waals surface area contributed by atoms with E-state index in [1.165, 1.54) is 11.1 Å². The molecule has 1 fully saturated rings. The topological polar surface area (TPSA) is 50.4 Å². The lowest BCUT2D eigenvalue weighted by Gasteiger charge is -2.24. The summed E-state index contributed by atoms with van der Waals surface area (Å²) in [4.78, 5) is 12.0. The molecule has 1 unspecified atom stereocenters. The van der Waals surface area contributed by atoms with Crippen LogP contribution in [0.25, 0.3) is 0 Å². The molecule has 1 amide bonds. The molecule has 1 aromatic rings. The van der Waals surface area contributed by atoms with Crippen molar-refractivity contribution < 1.29 is 9.53 Å². The van der Waals surface area contributed by atoms with Gasteiger partial charge < -0.3 is 15.4 Å². The summed E-state index contributed by atoms with van der Waals surface area (Å²) in [6.07, 6.45) is 0.468. The van der Waals surface area contributed by atoms with E-state index in [9.17, 15) is 4.79 Å². The fourth-order valence-electron chi connectivity index (χ4n) is 2.43. The minimum absolute atomic E-state index is 0.0400. The van der Waals surface area contributed by atoms with Crippen molar-refractivity contribution >= 4 is 5.91 Å². The molecular weight excluding hydrogens is 240 g/mol. The molecule has 0 saturated carbocycles. The van der Waals surface area contributed by atoms with Crippen LogP contribution in [0.4, 0.5) is 0 Å². The average Bonchev–Trinajstić information content (AvgIpc) is 2.40. The lowest BCUT2D eigenvalue weighted by atomic mass is 10.0. The van der Waals surface area contributed by atoms with Crippen LogP contribution in [0.3, 0.4) is 0 Å². The third kappa shape index (κ3) is 4.04. The molecular formula is C15H22N2O2. The molecule has 1 heterocycles. The summed E-state index contributed by atoms with van der Waals surface area (Å²) >= 11 is 0. The molecule has 0 aliphatic carbocycles. The Bertz CT molecular complexity index is 428. The standard InChI is InChI=1S/C15H22N2O2/c1-11-5-3-4-6-14(11)12(2)17-15(18)9-13-10-19-8-7-16-13/h3-6,12-13,16H,7-10H2,1-2H3,(H,17,18)/t12-,13?/m0/s1. The van der Waals surface area contributed by atoms with Crippen LogP contribution < -0.4 is 10.6 Å². The summed E-state index contributed by atoms with van der Waals surface area (Å²) in [5, 5.41) is 6.34. The number of carbonyl (C=O) groups is 1. The summed E-state index contributed by atoms with van der Waals surface area (Å²) in [6.45, 7) is 6.26. The number of carbonyl (C=O) groups excluding carboxylic acids is 1. The van der Waals surface area contributed by atoms with Gasteiger partial charge in [-0.3, -0.25) is 4.79 Å². The maximum atomic E-state index is 12.0. The molecule has 2 atom stereocenters. The van der Waals surface area contributed by atoms with Gasteiger partial charge in [0.15, 0.2) is 0 Å². The largest absolute Gasteiger partial charge is 0.378 e. The predicted molar refractivity (Wildman–Crippen MR) is 75.0 cm³/mol. The van der Waals surface area contributed by atoms with E-state index in [1.54, 1.807) is 0 Å². The highest BCUT2D eigenvalue weighted by Gasteiger charge is 2.18. The van der Waals surface area contributed by atoms with E-state index in [-0.39, 0.29) is 18.0 Å². The molecule has 4 nitrogen and oxygen atoms in total. The minimum atomic E-state index is 0.0400. The molecule has 104 valence electrons. The summed E-state index contributed by atoms with van der Waals surface area (Å²) in [6, 6.07) is 8.31. The van der Waals surface area contributed by atoms with Crippen molar-refractivity contribution in [3.8, 4) is 0 Å². The maximum absolute atomic E-state index is 12.0. The molecule has 0 aromatic heterocycles. The molecule has 0 spiro atoms. The normalized spacial score (nSPS) is 20.8. The minimum Gasteiger partial charge on any atom is -0.378 e. The van der Waals surface area contributed by atoms with Crippen molar-refractivity contribution in [2.24, 2.45) is 0 Å². The number of rotatable bonds is 4. The molecule has 2 rings (SSSR count). The molecule has 1 aliphatic heterocycles. The quantitative estimate of drug-likeness (QED) is 0.865. The lowest BCUT2D eigenvalue weighted by molar-refractivity contribution is -0.122. The van der Waals surface area contributed by atoms with Crippen molar-refractivity contribution in [3.63, 3.8) is 0 Å². The van der Waals surface area contributed by atoms with Crippen LogP contribution in [0, 0.1) is 6.92 Å². The van der Waals surface area contributed by atoms with Gasteiger partial charge in [0.1, 0.15) is 0 Å². The molecule has 19 heavy (non-hydrogen) atoms. The zero-order valence-corrected chi connectivity index (χ0v) is 11.6. The second-order valence-corrected chi connectivity index (χ2v) is 5.08. The highest BCUT2D eigenvalue weighted by molar-refractivity contribution is 5.77. The predicted octanol–water partition coefficient (Wildman–Crippen LogP) is 1.55. The Morgan fingerprint density at radius 3 is 3.00 bits per heavy atom. The third-order valence-electron chi connectivity index (χ3n) is 3.46. The Morgan fingerprint density at radius 1 is 1.53 bits per heavy atom. The summed E-state index contributed by atoms with van der Waals surface area (Å²) in [5.74, 6) is 0.0683. The second kappa shape index (κ2) is 6.68. The van der Waals surface area contributed by atoms with Gasteiger partial charge in [0.05, 0.1) is 19.3 Å². The first kappa shape index (κ1) is 14.0. The number of hydrogen-bond acceptors (Lipinski definition) is 3. The van der Waals surface area contributed by atoms with Gasteiger partial charge in [0.25, 0.3) is 0 Å². The van der Waals surface area contributed by atoms with Gasteiger partial charge in [-0.25, -0.2) is 0 Å². The molecule has 2 N–H and O–H groups in total. The number of amides is 1. The monoisotopic (exact) mass is 262 g/mol. The van der Waals surface area contributed by atoms with Crippen molar-refractivity contribution in [3.05, 3.63) is 35.4 Å². The fraction of sp³-hybridized carbons (Fsp3) is 0.533. The molecule has 1 aromatic carbocycles. The van der Waals surface area contributed by atoms with E-state index in [0.29, 0.717) is 13.0 Å². The number of nitrogens with one attached hydrogen (secondary N) is 2. The molecule has 4 heteroatoms. The highest BCUT2D eigenvalue weighted by Crippen LogP contribution is 2.16. The first-order chi connectivity index (χ1) is 9.16. The van der Waals surface area contributed by atoms with Crippen molar-refractivity contribution in [2.75, 3.05) is 19.8 Å². The van der Waals surface area contributed by atoms with E-state index in [4.69, 9.17) is 4.74 Å². The number of hydrogen-bond donors (Lipinski definition) is 2. The van der Waals surface area contributed by atoms with Crippen LogP contribution in [-0.4, -0.2) is 31.7 Å². The van der Waals surface area contributed by atoms with Crippen LogP contribution in [-0.2, 0) is 9.53 Å². The van der Waals surface area contributed by atoms with Crippen LogP contribution in [0.2, 0.25) is 0 Å². The Morgan fingerprint density at radius 2 is 2.32 bits per heavy atom.